The number of hydrogen-bond donors (Lipinski definition) is 2. The first kappa shape index (κ1) is 15.6. The molecule has 0 bridgehead atoms. The van der Waals surface area contributed by atoms with E-state index in [-0.39, 0.29) is 0 Å². The molecule has 2 atom stereocenters. The molecule has 2 fully saturated rings. The number of nitrogens with zero attached hydrogens (tertiary/aromatic N) is 2. The standard InChI is InChI=1S/C16H32N4/c1-5-17-16(19-13(4)12(2)3)18-10-14-8-9-20(11-14)15-6-7-15/h12-15H,5-11H2,1-4H3,(H2,17,18,19). The van der Waals surface area contributed by atoms with Gasteiger partial charge in [0.25, 0.3) is 0 Å². The van der Waals surface area contributed by atoms with Crippen molar-refractivity contribution in [1.29, 1.82) is 0 Å². The molecule has 2 aliphatic rings. The normalized spacial score (nSPS) is 26.1. The van der Waals surface area contributed by atoms with Crippen molar-refractivity contribution in [3.63, 3.8) is 0 Å². The van der Waals surface area contributed by atoms with Crippen LogP contribution in [0.5, 0.6) is 0 Å². The van der Waals surface area contributed by atoms with Gasteiger partial charge in [0.05, 0.1) is 0 Å². The van der Waals surface area contributed by atoms with Gasteiger partial charge in [-0.3, -0.25) is 4.99 Å². The maximum Gasteiger partial charge on any atom is 0.191 e. The highest BCUT2D eigenvalue weighted by atomic mass is 15.2. The van der Waals surface area contributed by atoms with Gasteiger partial charge in [0.1, 0.15) is 0 Å². The zero-order valence-corrected chi connectivity index (χ0v) is 13.7. The molecule has 0 aromatic carbocycles. The lowest BCUT2D eigenvalue weighted by Gasteiger charge is -2.21. The Hall–Kier alpha value is -0.770. The Balaban J connectivity index is 1.79. The number of likely N-dealkylation sites (tertiary alicyclic amines) is 1. The Bertz CT molecular complexity index is 322. The molecule has 0 aromatic heterocycles. The Morgan fingerprint density at radius 1 is 1.25 bits per heavy atom. The summed E-state index contributed by atoms with van der Waals surface area (Å²) in [6.07, 6.45) is 4.16. The summed E-state index contributed by atoms with van der Waals surface area (Å²) in [5.41, 5.74) is 0. The Kier molecular flexibility index (Phi) is 5.70. The fourth-order valence-corrected chi connectivity index (χ4v) is 2.71. The van der Waals surface area contributed by atoms with Crippen LogP contribution in [0, 0.1) is 11.8 Å². The second-order valence-electron chi connectivity index (χ2n) is 6.78. The molecule has 2 rings (SSSR count). The minimum Gasteiger partial charge on any atom is -0.357 e. The van der Waals surface area contributed by atoms with Crippen molar-refractivity contribution in [1.82, 2.24) is 15.5 Å². The van der Waals surface area contributed by atoms with E-state index in [0.717, 1.165) is 31.0 Å². The minimum absolute atomic E-state index is 0.458. The molecular weight excluding hydrogens is 248 g/mol. The fourth-order valence-electron chi connectivity index (χ4n) is 2.71. The monoisotopic (exact) mass is 280 g/mol. The quantitative estimate of drug-likeness (QED) is 0.578. The molecule has 0 radical (unpaired) electrons. The lowest BCUT2D eigenvalue weighted by Crippen LogP contribution is -2.44. The van der Waals surface area contributed by atoms with Crippen molar-refractivity contribution in [2.45, 2.75) is 59.0 Å². The molecule has 0 aromatic rings. The van der Waals surface area contributed by atoms with Gasteiger partial charge >= 0.3 is 0 Å². The molecule has 1 saturated carbocycles. The van der Waals surface area contributed by atoms with Crippen molar-refractivity contribution >= 4 is 5.96 Å². The van der Waals surface area contributed by atoms with Gasteiger partial charge in [-0.1, -0.05) is 13.8 Å². The molecule has 4 heteroatoms. The number of aliphatic imine (C=N–C) groups is 1. The van der Waals surface area contributed by atoms with Gasteiger partial charge in [-0.15, -0.1) is 0 Å². The van der Waals surface area contributed by atoms with Crippen LogP contribution in [-0.4, -0.2) is 49.1 Å². The molecule has 1 aliphatic carbocycles. The van der Waals surface area contributed by atoms with E-state index < -0.39 is 0 Å². The van der Waals surface area contributed by atoms with E-state index in [9.17, 15) is 0 Å². The van der Waals surface area contributed by atoms with Crippen molar-refractivity contribution in [3.8, 4) is 0 Å². The highest BCUT2D eigenvalue weighted by Crippen LogP contribution is 2.31. The first-order chi connectivity index (χ1) is 9.60. The molecule has 2 N–H and O–H groups in total. The van der Waals surface area contributed by atoms with Crippen molar-refractivity contribution in [2.75, 3.05) is 26.2 Å². The molecule has 4 nitrogen and oxygen atoms in total. The molecular formula is C16H32N4. The summed E-state index contributed by atoms with van der Waals surface area (Å²) < 4.78 is 0. The van der Waals surface area contributed by atoms with Crippen LogP contribution in [0.3, 0.4) is 0 Å². The summed E-state index contributed by atoms with van der Waals surface area (Å²) in [6.45, 7) is 13.3. The van der Waals surface area contributed by atoms with Crippen LogP contribution in [-0.2, 0) is 0 Å². The third-order valence-corrected chi connectivity index (χ3v) is 4.60. The van der Waals surface area contributed by atoms with Gasteiger partial charge in [-0.2, -0.15) is 0 Å². The van der Waals surface area contributed by atoms with Gasteiger partial charge in [-0.25, -0.2) is 0 Å². The molecule has 0 amide bonds. The summed E-state index contributed by atoms with van der Waals surface area (Å²) in [5.74, 6) is 2.36. The Morgan fingerprint density at radius 3 is 2.60 bits per heavy atom. The first-order valence-electron chi connectivity index (χ1n) is 8.39. The third-order valence-electron chi connectivity index (χ3n) is 4.60. The van der Waals surface area contributed by atoms with Gasteiger partial charge in [0, 0.05) is 31.7 Å². The van der Waals surface area contributed by atoms with E-state index in [1.54, 1.807) is 0 Å². The van der Waals surface area contributed by atoms with Crippen LogP contribution in [0.4, 0.5) is 0 Å². The largest absolute Gasteiger partial charge is 0.357 e. The summed E-state index contributed by atoms with van der Waals surface area (Å²) in [7, 11) is 0. The molecule has 1 heterocycles. The van der Waals surface area contributed by atoms with Crippen LogP contribution < -0.4 is 10.6 Å². The highest BCUT2D eigenvalue weighted by Gasteiger charge is 2.34. The Labute approximate surface area is 124 Å². The topological polar surface area (TPSA) is 39.7 Å². The molecule has 116 valence electrons. The molecule has 2 unspecified atom stereocenters. The van der Waals surface area contributed by atoms with E-state index in [2.05, 4.69) is 43.2 Å². The van der Waals surface area contributed by atoms with Crippen LogP contribution in [0.2, 0.25) is 0 Å². The minimum atomic E-state index is 0.458. The van der Waals surface area contributed by atoms with E-state index in [0.29, 0.717) is 12.0 Å². The lowest BCUT2D eigenvalue weighted by atomic mass is 10.1. The zero-order chi connectivity index (χ0) is 14.5. The summed E-state index contributed by atoms with van der Waals surface area (Å²) in [4.78, 5) is 7.46. The second-order valence-corrected chi connectivity index (χ2v) is 6.78. The summed E-state index contributed by atoms with van der Waals surface area (Å²) in [5, 5.41) is 6.88. The van der Waals surface area contributed by atoms with Crippen LogP contribution in [0.15, 0.2) is 4.99 Å². The van der Waals surface area contributed by atoms with Crippen LogP contribution in [0.1, 0.15) is 47.0 Å². The maximum absolute atomic E-state index is 4.80. The van der Waals surface area contributed by atoms with Crippen molar-refractivity contribution in [2.24, 2.45) is 16.8 Å². The molecule has 0 spiro atoms. The lowest BCUT2D eigenvalue weighted by molar-refractivity contribution is 0.315. The van der Waals surface area contributed by atoms with E-state index in [4.69, 9.17) is 4.99 Å². The van der Waals surface area contributed by atoms with Crippen molar-refractivity contribution < 1.29 is 0 Å². The second kappa shape index (κ2) is 7.30. The first-order valence-corrected chi connectivity index (χ1v) is 8.39. The average Bonchev–Trinajstić information content (AvgIpc) is 3.15. The highest BCUT2D eigenvalue weighted by molar-refractivity contribution is 5.80. The van der Waals surface area contributed by atoms with E-state index in [1.807, 2.05) is 0 Å². The van der Waals surface area contributed by atoms with E-state index in [1.165, 1.54) is 32.4 Å². The van der Waals surface area contributed by atoms with Gasteiger partial charge in [0.2, 0.25) is 0 Å². The fraction of sp³-hybridized carbons (Fsp3) is 0.938. The smallest absolute Gasteiger partial charge is 0.191 e. The number of rotatable bonds is 6. The van der Waals surface area contributed by atoms with Crippen molar-refractivity contribution in [3.05, 3.63) is 0 Å². The van der Waals surface area contributed by atoms with Crippen LogP contribution in [0.25, 0.3) is 0 Å². The zero-order valence-electron chi connectivity index (χ0n) is 13.7. The van der Waals surface area contributed by atoms with Gasteiger partial charge < -0.3 is 15.5 Å². The summed E-state index contributed by atoms with van der Waals surface area (Å²) >= 11 is 0. The summed E-state index contributed by atoms with van der Waals surface area (Å²) in [6, 6.07) is 1.37. The third kappa shape index (κ3) is 4.65. The Morgan fingerprint density at radius 2 is 2.00 bits per heavy atom. The maximum atomic E-state index is 4.80. The predicted molar refractivity (Wildman–Crippen MR) is 86.1 cm³/mol. The van der Waals surface area contributed by atoms with E-state index >= 15 is 0 Å². The SMILES string of the molecule is CCNC(=NCC1CCN(C2CC2)C1)NC(C)C(C)C. The molecule has 1 aliphatic heterocycles. The van der Waals surface area contributed by atoms with Gasteiger partial charge in [-0.05, 0) is 51.5 Å². The predicted octanol–water partition coefficient (Wildman–Crippen LogP) is 2.07. The van der Waals surface area contributed by atoms with Crippen LogP contribution >= 0.6 is 0 Å². The molecule has 20 heavy (non-hydrogen) atoms. The number of hydrogen-bond acceptors (Lipinski definition) is 2. The van der Waals surface area contributed by atoms with Gasteiger partial charge in [0.15, 0.2) is 5.96 Å². The number of nitrogens with one attached hydrogen (secondary N) is 2. The average molecular weight is 280 g/mol. The number of guanidine groups is 1. The molecule has 1 saturated heterocycles.